The highest BCUT2D eigenvalue weighted by atomic mass is 15.1. The Morgan fingerprint density at radius 1 is 0.400 bits per heavy atom. The predicted molar refractivity (Wildman–Crippen MR) is 207 cm³/mol. The van der Waals surface area contributed by atoms with Crippen LogP contribution in [0.1, 0.15) is 0 Å². The third-order valence-electron chi connectivity index (χ3n) is 9.19. The van der Waals surface area contributed by atoms with Gasteiger partial charge in [0.25, 0.3) is 0 Å². The van der Waals surface area contributed by atoms with E-state index in [9.17, 15) is 0 Å². The molecule has 0 aliphatic rings. The van der Waals surface area contributed by atoms with Crippen molar-refractivity contribution in [2.24, 2.45) is 0 Å². The summed E-state index contributed by atoms with van der Waals surface area (Å²) in [6, 6.07) is 67.8. The van der Waals surface area contributed by atoms with Crippen molar-refractivity contribution in [2.45, 2.75) is 0 Å². The van der Waals surface area contributed by atoms with Gasteiger partial charge >= 0.3 is 0 Å². The second-order valence-corrected chi connectivity index (χ2v) is 12.3. The van der Waals surface area contributed by atoms with Gasteiger partial charge in [0.2, 0.25) is 0 Å². The van der Waals surface area contributed by atoms with Crippen molar-refractivity contribution in [1.29, 1.82) is 0 Å². The van der Waals surface area contributed by atoms with Gasteiger partial charge in [-0.2, -0.15) is 0 Å². The van der Waals surface area contributed by atoms with Crippen molar-refractivity contribution in [3.05, 3.63) is 194 Å². The minimum Gasteiger partial charge on any atom is -0.311 e. The number of para-hydroxylation sites is 3. The van der Waals surface area contributed by atoms with E-state index in [-0.39, 0.29) is 0 Å². The maximum atomic E-state index is 5.28. The second kappa shape index (κ2) is 12.7. The first-order valence-electron chi connectivity index (χ1n) is 16.8. The first-order valence-corrected chi connectivity index (χ1v) is 16.8. The molecular weight excluding hydrogens is 609 g/mol. The lowest BCUT2D eigenvalue weighted by molar-refractivity contribution is 1.11. The van der Waals surface area contributed by atoms with E-state index in [0.717, 1.165) is 72.6 Å². The Hall–Kier alpha value is -6.78. The average Bonchev–Trinajstić information content (AvgIpc) is 3.53. The molecule has 0 aliphatic heterocycles. The molecule has 0 N–H and O–H groups in total. The number of benzene rings is 7. The molecule has 9 rings (SSSR count). The fourth-order valence-electron chi connectivity index (χ4n) is 6.85. The van der Waals surface area contributed by atoms with Gasteiger partial charge in [-0.1, -0.05) is 133 Å². The van der Waals surface area contributed by atoms with Crippen molar-refractivity contribution in [3.8, 4) is 39.5 Å². The molecule has 0 fully saturated rings. The molecule has 0 saturated heterocycles. The molecule has 0 spiro atoms. The molecular formula is C46H32N4. The Bertz CT molecular complexity index is 2510. The quantitative estimate of drug-likeness (QED) is 0.174. The molecule has 0 bridgehead atoms. The van der Waals surface area contributed by atoms with Gasteiger partial charge in [0.1, 0.15) is 5.65 Å². The van der Waals surface area contributed by atoms with E-state index in [1.165, 1.54) is 0 Å². The largest absolute Gasteiger partial charge is 0.311 e. The van der Waals surface area contributed by atoms with Crippen molar-refractivity contribution in [2.75, 3.05) is 4.90 Å². The molecule has 7 aromatic carbocycles. The molecule has 4 nitrogen and oxygen atoms in total. The number of hydrogen-bond acceptors (Lipinski definition) is 3. The second-order valence-electron chi connectivity index (χ2n) is 12.3. The van der Waals surface area contributed by atoms with Crippen molar-refractivity contribution in [3.63, 3.8) is 0 Å². The number of aromatic nitrogens is 3. The van der Waals surface area contributed by atoms with E-state index in [1.54, 1.807) is 0 Å². The van der Waals surface area contributed by atoms with Crippen LogP contribution in [0.3, 0.4) is 0 Å². The molecule has 4 heteroatoms. The number of nitrogens with zero attached hydrogens (tertiary/aromatic N) is 4. The van der Waals surface area contributed by atoms with E-state index in [1.807, 2.05) is 24.3 Å². The minimum absolute atomic E-state index is 0.703. The molecule has 0 atom stereocenters. The number of hydrogen-bond donors (Lipinski definition) is 0. The van der Waals surface area contributed by atoms with Crippen LogP contribution >= 0.6 is 0 Å². The molecule has 2 heterocycles. The maximum absolute atomic E-state index is 5.28. The predicted octanol–water partition coefficient (Wildman–Crippen LogP) is 12.0. The van der Waals surface area contributed by atoms with Crippen LogP contribution < -0.4 is 4.90 Å². The standard InChI is InChI=1S/C46H32N4/c1-6-16-34(17-7-1)44-43-41-32-36(33-26-29-40(30-27-33)49(37-20-10-3-11-21-37)38-22-12-4-13-23-38)28-31-42(41)50(39-24-14-5-15-25-39)46(43)48-45(47-44)35-18-8-2-9-19-35/h1-32H. The highest BCUT2D eigenvalue weighted by Crippen LogP contribution is 2.41. The monoisotopic (exact) mass is 640 g/mol. The van der Waals surface area contributed by atoms with Crippen LogP contribution in [0.4, 0.5) is 17.1 Å². The molecule has 9 aromatic rings. The van der Waals surface area contributed by atoms with E-state index >= 15 is 0 Å². The SMILES string of the molecule is c1ccc(-c2nc(-c3ccccc3)c3c4cc(-c5ccc(N(c6ccccc6)c6ccccc6)cc5)ccc4n(-c4ccccc4)c3n2)cc1. The Morgan fingerprint density at radius 2 is 0.900 bits per heavy atom. The van der Waals surface area contributed by atoms with E-state index in [4.69, 9.17) is 9.97 Å². The summed E-state index contributed by atoms with van der Waals surface area (Å²) in [4.78, 5) is 12.8. The number of anilines is 3. The van der Waals surface area contributed by atoms with Crippen LogP contribution in [0.5, 0.6) is 0 Å². The van der Waals surface area contributed by atoms with Crippen molar-refractivity contribution >= 4 is 39.0 Å². The summed E-state index contributed by atoms with van der Waals surface area (Å²) in [7, 11) is 0. The molecule has 0 radical (unpaired) electrons. The van der Waals surface area contributed by atoms with E-state index in [2.05, 4.69) is 179 Å². The lowest BCUT2D eigenvalue weighted by atomic mass is 10.0. The summed E-state index contributed by atoms with van der Waals surface area (Å²) >= 11 is 0. The fraction of sp³-hybridized carbons (Fsp3) is 0. The Morgan fingerprint density at radius 3 is 1.50 bits per heavy atom. The third-order valence-corrected chi connectivity index (χ3v) is 9.19. The van der Waals surface area contributed by atoms with Gasteiger partial charge in [-0.3, -0.25) is 4.57 Å². The molecule has 0 aliphatic carbocycles. The molecule has 0 amide bonds. The highest BCUT2D eigenvalue weighted by Gasteiger charge is 2.21. The zero-order chi connectivity index (χ0) is 33.3. The Labute approximate surface area is 291 Å². The highest BCUT2D eigenvalue weighted by molar-refractivity contribution is 6.15. The normalized spacial score (nSPS) is 11.2. The molecule has 0 saturated carbocycles. The molecule has 236 valence electrons. The lowest BCUT2D eigenvalue weighted by Crippen LogP contribution is -2.09. The van der Waals surface area contributed by atoms with Gasteiger partial charge in [-0.25, -0.2) is 9.97 Å². The van der Waals surface area contributed by atoms with Crippen LogP contribution in [0.2, 0.25) is 0 Å². The molecule has 50 heavy (non-hydrogen) atoms. The van der Waals surface area contributed by atoms with Crippen LogP contribution in [0.25, 0.3) is 61.4 Å². The van der Waals surface area contributed by atoms with Crippen molar-refractivity contribution in [1.82, 2.24) is 14.5 Å². The van der Waals surface area contributed by atoms with Gasteiger partial charge < -0.3 is 4.90 Å². The van der Waals surface area contributed by atoms with Gasteiger partial charge in [-0.05, 0) is 71.8 Å². The van der Waals surface area contributed by atoms with Gasteiger partial charge in [0, 0.05) is 39.3 Å². The minimum atomic E-state index is 0.703. The first kappa shape index (κ1) is 29.4. The van der Waals surface area contributed by atoms with Crippen LogP contribution in [0.15, 0.2) is 194 Å². The fourth-order valence-corrected chi connectivity index (χ4v) is 6.85. The van der Waals surface area contributed by atoms with Gasteiger partial charge in [0.15, 0.2) is 5.82 Å². The van der Waals surface area contributed by atoms with Gasteiger partial charge in [-0.15, -0.1) is 0 Å². The molecule has 0 unspecified atom stereocenters. The third kappa shape index (κ3) is 5.29. The van der Waals surface area contributed by atoms with Crippen LogP contribution in [-0.4, -0.2) is 14.5 Å². The van der Waals surface area contributed by atoms with Crippen LogP contribution in [0, 0.1) is 0 Å². The first-order chi connectivity index (χ1) is 24.8. The summed E-state index contributed by atoms with van der Waals surface area (Å²) < 4.78 is 2.27. The number of rotatable bonds is 7. The summed E-state index contributed by atoms with van der Waals surface area (Å²) in [6.45, 7) is 0. The smallest absolute Gasteiger partial charge is 0.162 e. The number of fused-ring (bicyclic) bond motifs is 3. The summed E-state index contributed by atoms with van der Waals surface area (Å²) in [6.07, 6.45) is 0. The zero-order valence-electron chi connectivity index (χ0n) is 27.3. The van der Waals surface area contributed by atoms with Crippen LogP contribution in [-0.2, 0) is 0 Å². The maximum Gasteiger partial charge on any atom is 0.162 e. The summed E-state index contributed by atoms with van der Waals surface area (Å²) in [5, 5.41) is 2.15. The summed E-state index contributed by atoms with van der Waals surface area (Å²) in [5.74, 6) is 0.703. The molecule has 2 aromatic heterocycles. The van der Waals surface area contributed by atoms with E-state index in [0.29, 0.717) is 5.82 Å². The topological polar surface area (TPSA) is 34.0 Å². The summed E-state index contributed by atoms with van der Waals surface area (Å²) in [5.41, 5.74) is 11.6. The lowest BCUT2D eigenvalue weighted by Gasteiger charge is -2.25. The van der Waals surface area contributed by atoms with Gasteiger partial charge in [0.05, 0.1) is 16.6 Å². The van der Waals surface area contributed by atoms with Crippen molar-refractivity contribution < 1.29 is 0 Å². The average molecular weight is 641 g/mol. The Balaban J connectivity index is 1.24. The van der Waals surface area contributed by atoms with E-state index < -0.39 is 0 Å². The Kier molecular flexibility index (Phi) is 7.45. The zero-order valence-corrected chi connectivity index (χ0v) is 27.3.